The van der Waals surface area contributed by atoms with Crippen LogP contribution in [0.2, 0.25) is 0 Å². The van der Waals surface area contributed by atoms with Gasteiger partial charge in [0.1, 0.15) is 9.84 Å². The van der Waals surface area contributed by atoms with Crippen molar-refractivity contribution in [2.45, 2.75) is 11.3 Å². The Balaban J connectivity index is 2.74. The summed E-state index contributed by atoms with van der Waals surface area (Å²) in [7, 11) is -6.76. The first-order valence-corrected chi connectivity index (χ1v) is 9.75. The lowest BCUT2D eigenvalue weighted by molar-refractivity contribution is 0.577. The molecule has 0 fully saturated rings. The van der Waals surface area contributed by atoms with Crippen molar-refractivity contribution in [3.8, 4) is 11.8 Å². The van der Waals surface area contributed by atoms with Crippen molar-refractivity contribution in [2.75, 3.05) is 25.1 Å². The van der Waals surface area contributed by atoms with Crippen LogP contribution in [-0.2, 0) is 19.9 Å². The van der Waals surface area contributed by atoms with Crippen LogP contribution in [0.4, 0.5) is 0 Å². The highest BCUT2D eigenvalue weighted by atomic mass is 32.2. The van der Waals surface area contributed by atoms with Crippen LogP contribution in [0.15, 0.2) is 29.2 Å². The van der Waals surface area contributed by atoms with Crippen molar-refractivity contribution in [1.82, 2.24) is 4.72 Å². The van der Waals surface area contributed by atoms with Gasteiger partial charge in [-0.3, -0.25) is 0 Å². The maximum atomic E-state index is 12.0. The minimum Gasteiger partial charge on any atom is -0.320 e. The van der Waals surface area contributed by atoms with E-state index in [2.05, 4.69) is 16.6 Å². The van der Waals surface area contributed by atoms with Crippen molar-refractivity contribution >= 4 is 19.9 Å². The van der Waals surface area contributed by atoms with Gasteiger partial charge in [0.25, 0.3) is 0 Å². The summed E-state index contributed by atoms with van der Waals surface area (Å²) in [4.78, 5) is 0.0886. The first kappa shape index (κ1) is 17.7. The van der Waals surface area contributed by atoms with Gasteiger partial charge < -0.3 is 5.73 Å². The highest BCUT2D eigenvalue weighted by Gasteiger charge is 2.13. The van der Waals surface area contributed by atoms with Crippen LogP contribution < -0.4 is 10.5 Å². The Morgan fingerprint density at radius 3 is 2.57 bits per heavy atom. The number of rotatable bonds is 6. The third-order valence-corrected chi connectivity index (χ3v) is 4.95. The summed E-state index contributed by atoms with van der Waals surface area (Å²) in [6, 6.07) is 6.17. The van der Waals surface area contributed by atoms with E-state index in [4.69, 9.17) is 5.73 Å². The van der Waals surface area contributed by atoms with Crippen molar-refractivity contribution < 1.29 is 16.8 Å². The Bertz CT molecular complexity index is 744. The number of hydrogen-bond donors (Lipinski definition) is 2. The first-order valence-electron chi connectivity index (χ1n) is 6.21. The van der Waals surface area contributed by atoms with Crippen LogP contribution in [0.5, 0.6) is 0 Å². The lowest BCUT2D eigenvalue weighted by Crippen LogP contribution is -2.26. The fraction of sp³-hybridized carbons (Fsp3) is 0.385. The third kappa shape index (κ3) is 6.73. The zero-order valence-corrected chi connectivity index (χ0v) is 13.3. The summed E-state index contributed by atoms with van der Waals surface area (Å²) in [6.07, 6.45) is 1.34. The normalized spacial score (nSPS) is 11.7. The molecule has 0 radical (unpaired) electrons. The molecule has 1 rings (SSSR count). The van der Waals surface area contributed by atoms with E-state index < -0.39 is 19.9 Å². The second-order valence-electron chi connectivity index (χ2n) is 4.41. The van der Waals surface area contributed by atoms with E-state index in [1.54, 1.807) is 12.1 Å². The van der Waals surface area contributed by atoms with Crippen molar-refractivity contribution in [2.24, 2.45) is 5.73 Å². The molecule has 0 aliphatic carbocycles. The van der Waals surface area contributed by atoms with E-state index in [-0.39, 0.29) is 30.2 Å². The quantitative estimate of drug-likeness (QED) is 0.551. The van der Waals surface area contributed by atoms with Gasteiger partial charge in [-0.15, -0.1) is 0 Å². The number of benzene rings is 1. The standard InChI is InChI=1S/C13H18N2O4S2/c1-20(16,17)10-4-9-15-21(18,19)13-7-2-5-12(11-13)6-3-8-14/h2,5,7,11,15H,4,8-10,14H2,1H3. The van der Waals surface area contributed by atoms with Crippen molar-refractivity contribution in [1.29, 1.82) is 0 Å². The lowest BCUT2D eigenvalue weighted by Gasteiger charge is -2.06. The van der Waals surface area contributed by atoms with Crippen LogP contribution in [-0.4, -0.2) is 41.9 Å². The van der Waals surface area contributed by atoms with Gasteiger partial charge in [-0.05, 0) is 24.6 Å². The van der Waals surface area contributed by atoms with Crippen LogP contribution in [0, 0.1) is 11.8 Å². The molecular formula is C13H18N2O4S2. The molecule has 3 N–H and O–H groups in total. The second kappa shape index (κ2) is 7.56. The predicted molar refractivity (Wildman–Crippen MR) is 81.9 cm³/mol. The average molecular weight is 330 g/mol. The molecule has 8 heteroatoms. The van der Waals surface area contributed by atoms with Crippen molar-refractivity contribution in [3.05, 3.63) is 29.8 Å². The van der Waals surface area contributed by atoms with E-state index in [9.17, 15) is 16.8 Å². The number of sulfone groups is 1. The van der Waals surface area contributed by atoms with Gasteiger partial charge in [0.2, 0.25) is 10.0 Å². The molecule has 0 aliphatic rings. The summed E-state index contributed by atoms with van der Waals surface area (Å²) in [5.74, 6) is 5.35. The molecule has 0 spiro atoms. The molecule has 0 amide bonds. The van der Waals surface area contributed by atoms with Gasteiger partial charge in [0.05, 0.1) is 17.2 Å². The topological polar surface area (TPSA) is 106 Å². The molecular weight excluding hydrogens is 312 g/mol. The zero-order valence-electron chi connectivity index (χ0n) is 11.7. The molecule has 0 aliphatic heterocycles. The van der Waals surface area contributed by atoms with E-state index in [0.717, 1.165) is 6.26 Å². The third-order valence-electron chi connectivity index (χ3n) is 2.46. The van der Waals surface area contributed by atoms with Crippen molar-refractivity contribution in [3.63, 3.8) is 0 Å². The Morgan fingerprint density at radius 2 is 1.95 bits per heavy atom. The summed E-state index contributed by atoms with van der Waals surface area (Å²) in [5, 5.41) is 0. The van der Waals surface area contributed by atoms with Gasteiger partial charge >= 0.3 is 0 Å². The summed E-state index contributed by atoms with van der Waals surface area (Å²) in [5.41, 5.74) is 5.82. The van der Waals surface area contributed by atoms with Gasteiger partial charge in [-0.1, -0.05) is 17.9 Å². The zero-order chi connectivity index (χ0) is 15.9. The van der Waals surface area contributed by atoms with Crippen LogP contribution in [0.1, 0.15) is 12.0 Å². The number of sulfonamides is 1. The largest absolute Gasteiger partial charge is 0.320 e. The highest BCUT2D eigenvalue weighted by molar-refractivity contribution is 7.90. The molecule has 6 nitrogen and oxygen atoms in total. The summed E-state index contributed by atoms with van der Waals surface area (Å²) >= 11 is 0. The number of nitrogens with two attached hydrogens (primary N) is 1. The predicted octanol–water partition coefficient (Wildman–Crippen LogP) is -0.290. The highest BCUT2D eigenvalue weighted by Crippen LogP contribution is 2.10. The molecule has 0 unspecified atom stereocenters. The number of nitrogens with one attached hydrogen (secondary N) is 1. The SMILES string of the molecule is CS(=O)(=O)CCCNS(=O)(=O)c1cccc(C#CCN)c1. The second-order valence-corrected chi connectivity index (χ2v) is 8.44. The fourth-order valence-corrected chi connectivity index (χ4v) is 3.31. The molecule has 1 aromatic carbocycles. The summed E-state index contributed by atoms with van der Waals surface area (Å²) < 4.78 is 48.4. The Kier molecular flexibility index (Phi) is 6.36. The minimum absolute atomic E-state index is 0.0580. The lowest BCUT2D eigenvalue weighted by atomic mass is 10.2. The Labute approximate surface area is 125 Å². The Morgan fingerprint density at radius 1 is 1.24 bits per heavy atom. The monoisotopic (exact) mass is 330 g/mol. The van der Waals surface area contributed by atoms with Gasteiger partial charge in [0, 0.05) is 18.4 Å². The van der Waals surface area contributed by atoms with Gasteiger partial charge in [-0.2, -0.15) is 0 Å². The van der Waals surface area contributed by atoms with Crippen LogP contribution in [0.3, 0.4) is 0 Å². The average Bonchev–Trinajstić information content (AvgIpc) is 2.41. The first-order chi connectivity index (χ1) is 9.74. The van der Waals surface area contributed by atoms with E-state index in [1.165, 1.54) is 12.1 Å². The van der Waals surface area contributed by atoms with E-state index in [0.29, 0.717) is 5.56 Å². The van der Waals surface area contributed by atoms with E-state index in [1.807, 2.05) is 0 Å². The minimum atomic E-state index is -3.67. The maximum absolute atomic E-state index is 12.0. The van der Waals surface area contributed by atoms with Gasteiger partial charge in [0.15, 0.2) is 0 Å². The fourth-order valence-electron chi connectivity index (χ4n) is 1.52. The molecule has 0 saturated heterocycles. The van der Waals surface area contributed by atoms with Crippen LogP contribution in [0.25, 0.3) is 0 Å². The molecule has 0 bridgehead atoms. The maximum Gasteiger partial charge on any atom is 0.240 e. The van der Waals surface area contributed by atoms with Gasteiger partial charge in [-0.25, -0.2) is 21.6 Å². The Hall–Kier alpha value is -1.40. The van der Waals surface area contributed by atoms with Crippen LogP contribution >= 0.6 is 0 Å². The molecule has 0 saturated carbocycles. The smallest absolute Gasteiger partial charge is 0.240 e. The molecule has 0 atom stereocenters. The number of hydrogen-bond acceptors (Lipinski definition) is 5. The molecule has 1 aromatic rings. The van der Waals surface area contributed by atoms with E-state index >= 15 is 0 Å². The summed E-state index contributed by atoms with van der Waals surface area (Å²) in [6.45, 7) is 0.259. The molecule has 116 valence electrons. The molecule has 21 heavy (non-hydrogen) atoms. The molecule has 0 aromatic heterocycles. The molecule has 0 heterocycles.